The first-order valence-electron chi connectivity index (χ1n) is 5.99. The molecule has 2 aromatic rings. The van der Waals surface area contributed by atoms with Gasteiger partial charge in [-0.2, -0.15) is 0 Å². The first kappa shape index (κ1) is 14.2. The minimum Gasteiger partial charge on any atom is -0.306 e. The molecule has 0 saturated carbocycles. The number of benzene rings is 2. The van der Waals surface area contributed by atoms with E-state index in [2.05, 4.69) is 21.2 Å². The summed E-state index contributed by atoms with van der Waals surface area (Å²) in [5, 5.41) is 3.28. The van der Waals surface area contributed by atoms with Crippen molar-refractivity contribution in [3.8, 4) is 0 Å². The van der Waals surface area contributed by atoms with Crippen LogP contribution in [0.25, 0.3) is 0 Å². The van der Waals surface area contributed by atoms with Crippen molar-refractivity contribution in [3.05, 3.63) is 69.7 Å². The van der Waals surface area contributed by atoms with Gasteiger partial charge in [-0.05, 0) is 52.2 Å². The van der Waals surface area contributed by atoms with Crippen molar-refractivity contribution in [1.29, 1.82) is 0 Å². The van der Waals surface area contributed by atoms with Gasteiger partial charge in [0.2, 0.25) is 0 Å². The normalized spacial score (nSPS) is 12.4. The molecule has 1 unspecified atom stereocenters. The standard InChI is InChI=1S/C15H14BrF2N/c1-10(11-5-7-13(17)8-6-11)19-9-12-3-2-4-14(18)15(12)16/h2-8,10,19H,9H2,1H3. The maximum Gasteiger partial charge on any atom is 0.137 e. The van der Waals surface area contributed by atoms with Gasteiger partial charge < -0.3 is 5.32 Å². The van der Waals surface area contributed by atoms with Gasteiger partial charge in [-0.1, -0.05) is 24.3 Å². The topological polar surface area (TPSA) is 12.0 Å². The van der Waals surface area contributed by atoms with E-state index in [1.807, 2.05) is 13.0 Å². The average Bonchev–Trinajstić information content (AvgIpc) is 2.41. The second kappa shape index (κ2) is 6.26. The van der Waals surface area contributed by atoms with Crippen molar-refractivity contribution in [3.63, 3.8) is 0 Å². The molecule has 0 spiro atoms. The molecule has 0 fully saturated rings. The van der Waals surface area contributed by atoms with E-state index in [0.717, 1.165) is 11.1 Å². The van der Waals surface area contributed by atoms with Crippen LogP contribution in [0.4, 0.5) is 8.78 Å². The fourth-order valence-corrected chi connectivity index (χ4v) is 2.22. The van der Waals surface area contributed by atoms with E-state index in [9.17, 15) is 8.78 Å². The summed E-state index contributed by atoms with van der Waals surface area (Å²) in [5.41, 5.74) is 1.85. The molecule has 2 aromatic carbocycles. The number of halogens is 3. The lowest BCUT2D eigenvalue weighted by Crippen LogP contribution is -2.18. The molecule has 0 aliphatic heterocycles. The predicted molar refractivity (Wildman–Crippen MR) is 75.8 cm³/mol. The van der Waals surface area contributed by atoms with Crippen LogP contribution in [0.15, 0.2) is 46.9 Å². The molecule has 2 rings (SSSR count). The van der Waals surface area contributed by atoms with Gasteiger partial charge in [0.25, 0.3) is 0 Å². The Bertz CT molecular complexity index is 555. The summed E-state index contributed by atoms with van der Waals surface area (Å²) in [6.45, 7) is 2.53. The largest absolute Gasteiger partial charge is 0.306 e. The van der Waals surface area contributed by atoms with Crippen LogP contribution in [0.2, 0.25) is 0 Å². The molecule has 0 radical (unpaired) electrons. The summed E-state index contributed by atoms with van der Waals surface area (Å²) in [5.74, 6) is -0.516. The molecular weight excluding hydrogens is 312 g/mol. The smallest absolute Gasteiger partial charge is 0.137 e. The minimum absolute atomic E-state index is 0.0655. The lowest BCUT2D eigenvalue weighted by Gasteiger charge is -2.15. The number of nitrogens with one attached hydrogen (secondary N) is 1. The third kappa shape index (κ3) is 3.61. The molecule has 1 atom stereocenters. The van der Waals surface area contributed by atoms with E-state index in [-0.39, 0.29) is 17.7 Å². The van der Waals surface area contributed by atoms with Gasteiger partial charge in [0.05, 0.1) is 4.47 Å². The maximum atomic E-state index is 13.4. The quantitative estimate of drug-likeness (QED) is 0.867. The zero-order valence-corrected chi connectivity index (χ0v) is 12.0. The van der Waals surface area contributed by atoms with Crippen molar-refractivity contribution >= 4 is 15.9 Å². The molecule has 0 aliphatic rings. The van der Waals surface area contributed by atoms with Crippen molar-refractivity contribution in [1.82, 2.24) is 5.32 Å². The summed E-state index contributed by atoms with van der Waals surface area (Å²) in [7, 11) is 0. The fourth-order valence-electron chi connectivity index (χ4n) is 1.82. The van der Waals surface area contributed by atoms with E-state index in [1.54, 1.807) is 18.2 Å². The molecule has 0 bridgehead atoms. The van der Waals surface area contributed by atoms with Gasteiger partial charge in [-0.15, -0.1) is 0 Å². The summed E-state index contributed by atoms with van der Waals surface area (Å²) >= 11 is 3.23. The number of hydrogen-bond acceptors (Lipinski definition) is 1. The summed E-state index contributed by atoms with van der Waals surface area (Å²) in [6.07, 6.45) is 0. The van der Waals surface area contributed by atoms with Crippen LogP contribution >= 0.6 is 15.9 Å². The lowest BCUT2D eigenvalue weighted by molar-refractivity contribution is 0.563. The minimum atomic E-state index is -0.270. The molecule has 0 amide bonds. The zero-order chi connectivity index (χ0) is 13.8. The highest BCUT2D eigenvalue weighted by Crippen LogP contribution is 2.21. The Kier molecular flexibility index (Phi) is 4.66. The van der Waals surface area contributed by atoms with Crippen molar-refractivity contribution in [2.75, 3.05) is 0 Å². The summed E-state index contributed by atoms with van der Waals surface area (Å²) in [4.78, 5) is 0. The van der Waals surface area contributed by atoms with Crippen molar-refractivity contribution < 1.29 is 8.78 Å². The fraction of sp³-hybridized carbons (Fsp3) is 0.200. The average molecular weight is 326 g/mol. The molecule has 1 nitrogen and oxygen atoms in total. The van der Waals surface area contributed by atoms with Crippen LogP contribution in [0.1, 0.15) is 24.1 Å². The molecule has 0 saturated heterocycles. The number of hydrogen-bond donors (Lipinski definition) is 1. The molecule has 100 valence electrons. The highest BCUT2D eigenvalue weighted by atomic mass is 79.9. The van der Waals surface area contributed by atoms with Crippen LogP contribution in [-0.4, -0.2) is 0 Å². The Hall–Kier alpha value is -1.26. The Morgan fingerprint density at radius 1 is 1.11 bits per heavy atom. The van der Waals surface area contributed by atoms with Gasteiger partial charge in [0.1, 0.15) is 11.6 Å². The first-order valence-corrected chi connectivity index (χ1v) is 6.79. The van der Waals surface area contributed by atoms with Gasteiger partial charge in [0, 0.05) is 12.6 Å². The monoisotopic (exact) mass is 325 g/mol. The lowest BCUT2D eigenvalue weighted by atomic mass is 10.1. The summed E-state index contributed by atoms with van der Waals surface area (Å²) in [6, 6.07) is 11.4. The third-order valence-corrected chi connectivity index (χ3v) is 3.89. The maximum absolute atomic E-state index is 13.4. The molecule has 4 heteroatoms. The van der Waals surface area contributed by atoms with Gasteiger partial charge >= 0.3 is 0 Å². The van der Waals surface area contributed by atoms with E-state index < -0.39 is 0 Å². The van der Waals surface area contributed by atoms with E-state index >= 15 is 0 Å². The van der Waals surface area contributed by atoms with Gasteiger partial charge in [-0.25, -0.2) is 8.78 Å². The van der Waals surface area contributed by atoms with Gasteiger partial charge in [-0.3, -0.25) is 0 Å². The number of rotatable bonds is 4. The van der Waals surface area contributed by atoms with Gasteiger partial charge in [0.15, 0.2) is 0 Å². The molecule has 0 aliphatic carbocycles. The van der Waals surface area contributed by atoms with Crippen LogP contribution in [-0.2, 0) is 6.54 Å². The van der Waals surface area contributed by atoms with E-state index in [0.29, 0.717) is 11.0 Å². The van der Waals surface area contributed by atoms with Crippen molar-refractivity contribution in [2.24, 2.45) is 0 Å². The first-order chi connectivity index (χ1) is 9.08. The van der Waals surface area contributed by atoms with Crippen LogP contribution in [0.3, 0.4) is 0 Å². The second-order valence-corrected chi connectivity index (χ2v) is 5.16. The Morgan fingerprint density at radius 2 is 1.79 bits per heavy atom. The Labute approximate surface area is 119 Å². The SMILES string of the molecule is CC(NCc1cccc(F)c1Br)c1ccc(F)cc1. The molecular formula is C15H14BrF2N. The molecule has 0 aromatic heterocycles. The van der Waals surface area contributed by atoms with Crippen LogP contribution in [0.5, 0.6) is 0 Å². The Balaban J connectivity index is 2.02. The summed E-state index contributed by atoms with van der Waals surface area (Å²) < 4.78 is 26.7. The highest BCUT2D eigenvalue weighted by molar-refractivity contribution is 9.10. The molecule has 19 heavy (non-hydrogen) atoms. The molecule has 1 N–H and O–H groups in total. The van der Waals surface area contributed by atoms with E-state index in [4.69, 9.17) is 0 Å². The Morgan fingerprint density at radius 3 is 2.47 bits per heavy atom. The van der Waals surface area contributed by atoms with E-state index in [1.165, 1.54) is 18.2 Å². The third-order valence-electron chi connectivity index (χ3n) is 3.00. The van der Waals surface area contributed by atoms with Crippen molar-refractivity contribution in [2.45, 2.75) is 19.5 Å². The van der Waals surface area contributed by atoms with Crippen LogP contribution in [0, 0.1) is 11.6 Å². The predicted octanol–water partition coefficient (Wildman–Crippen LogP) is 4.58. The van der Waals surface area contributed by atoms with Crippen LogP contribution < -0.4 is 5.32 Å². The highest BCUT2D eigenvalue weighted by Gasteiger charge is 2.08. The second-order valence-electron chi connectivity index (χ2n) is 4.37. The molecule has 0 heterocycles. The zero-order valence-electron chi connectivity index (χ0n) is 10.5.